The summed E-state index contributed by atoms with van der Waals surface area (Å²) in [5, 5.41) is 8.01. The Morgan fingerprint density at radius 1 is 1.11 bits per heavy atom. The average molecular weight is 370 g/mol. The zero-order chi connectivity index (χ0) is 18.8. The summed E-state index contributed by atoms with van der Waals surface area (Å²) in [5.41, 5.74) is 7.81. The number of halogens is 2. The molecular formula is C20H20F2N4O. The highest BCUT2D eigenvalue weighted by Gasteiger charge is 2.19. The van der Waals surface area contributed by atoms with Crippen molar-refractivity contribution in [3.63, 3.8) is 0 Å². The molecule has 2 heterocycles. The van der Waals surface area contributed by atoms with Gasteiger partial charge in [0.15, 0.2) is 11.6 Å². The van der Waals surface area contributed by atoms with Crippen molar-refractivity contribution in [1.29, 1.82) is 0 Å². The molecular weight excluding hydrogens is 350 g/mol. The van der Waals surface area contributed by atoms with Gasteiger partial charge in [-0.1, -0.05) is 0 Å². The third-order valence-electron chi connectivity index (χ3n) is 4.65. The van der Waals surface area contributed by atoms with Crippen molar-refractivity contribution in [2.75, 3.05) is 18.8 Å². The van der Waals surface area contributed by atoms with Crippen LogP contribution >= 0.6 is 0 Å². The molecule has 0 bridgehead atoms. The lowest BCUT2D eigenvalue weighted by molar-refractivity contribution is 0.351. The van der Waals surface area contributed by atoms with Gasteiger partial charge < -0.3 is 15.8 Å². The minimum atomic E-state index is -0.744. The molecule has 140 valence electrons. The number of anilines is 1. The lowest BCUT2D eigenvalue weighted by Crippen LogP contribution is -2.32. The van der Waals surface area contributed by atoms with Crippen LogP contribution in [0.3, 0.4) is 0 Å². The zero-order valence-corrected chi connectivity index (χ0v) is 14.7. The Bertz CT molecular complexity index is 934. The molecule has 0 unspecified atom stereocenters. The molecule has 7 heteroatoms. The lowest BCUT2D eigenvalue weighted by atomic mass is 10.1. The fourth-order valence-corrected chi connectivity index (χ4v) is 3.26. The maximum Gasteiger partial charge on any atom is 0.168 e. The van der Waals surface area contributed by atoms with Gasteiger partial charge in [0, 0.05) is 24.2 Å². The Balaban J connectivity index is 1.52. The number of nitrogen functional groups attached to an aromatic ring is 1. The van der Waals surface area contributed by atoms with Crippen molar-refractivity contribution in [1.82, 2.24) is 15.1 Å². The van der Waals surface area contributed by atoms with E-state index in [9.17, 15) is 8.78 Å². The van der Waals surface area contributed by atoms with Gasteiger partial charge in [-0.15, -0.1) is 0 Å². The highest BCUT2D eigenvalue weighted by molar-refractivity contribution is 5.63. The largest absolute Gasteiger partial charge is 0.454 e. The molecule has 1 saturated heterocycles. The van der Waals surface area contributed by atoms with Crippen LogP contribution in [0.4, 0.5) is 14.6 Å². The van der Waals surface area contributed by atoms with Crippen molar-refractivity contribution in [3.05, 3.63) is 60.2 Å². The van der Waals surface area contributed by atoms with E-state index in [1.54, 1.807) is 12.1 Å². The fraction of sp³-hybridized carbons (Fsp3) is 0.250. The molecule has 1 aliphatic rings. The number of rotatable bonds is 4. The minimum absolute atomic E-state index is 0.0255. The molecule has 0 amide bonds. The lowest BCUT2D eigenvalue weighted by Gasteiger charge is -2.23. The molecule has 3 N–H and O–H groups in total. The molecule has 1 atom stereocenters. The molecule has 0 spiro atoms. The molecule has 1 fully saturated rings. The van der Waals surface area contributed by atoms with Crippen LogP contribution in [0.15, 0.2) is 48.5 Å². The molecule has 1 aromatic heterocycles. The average Bonchev–Trinajstić information content (AvgIpc) is 3.07. The molecule has 0 radical (unpaired) electrons. The van der Waals surface area contributed by atoms with Crippen LogP contribution in [0.2, 0.25) is 0 Å². The molecule has 3 aromatic rings. The molecule has 5 nitrogen and oxygen atoms in total. The van der Waals surface area contributed by atoms with E-state index in [0.29, 0.717) is 11.6 Å². The Hall–Kier alpha value is -2.93. The number of ether oxygens (including phenoxy) is 1. The van der Waals surface area contributed by atoms with E-state index in [-0.39, 0.29) is 11.8 Å². The first kappa shape index (κ1) is 17.5. The number of nitrogens with one attached hydrogen (secondary N) is 1. The summed E-state index contributed by atoms with van der Waals surface area (Å²) in [6.45, 7) is 1.89. The van der Waals surface area contributed by atoms with Crippen LogP contribution in [0.1, 0.15) is 18.9 Å². The topological polar surface area (TPSA) is 65.1 Å². The molecule has 0 saturated carbocycles. The van der Waals surface area contributed by atoms with E-state index >= 15 is 0 Å². The van der Waals surface area contributed by atoms with E-state index < -0.39 is 11.6 Å². The van der Waals surface area contributed by atoms with Gasteiger partial charge in [0.2, 0.25) is 0 Å². The smallest absolute Gasteiger partial charge is 0.168 e. The first-order valence-electron chi connectivity index (χ1n) is 8.89. The second-order valence-corrected chi connectivity index (χ2v) is 6.60. The quantitative estimate of drug-likeness (QED) is 0.725. The first-order valence-corrected chi connectivity index (χ1v) is 8.89. The van der Waals surface area contributed by atoms with Crippen LogP contribution in [0, 0.1) is 11.6 Å². The Morgan fingerprint density at radius 2 is 1.93 bits per heavy atom. The van der Waals surface area contributed by atoms with Crippen molar-refractivity contribution in [3.8, 4) is 22.8 Å². The van der Waals surface area contributed by atoms with E-state index in [2.05, 4.69) is 10.4 Å². The number of hydrogen-bond donors (Lipinski definition) is 2. The molecule has 2 aromatic carbocycles. The second kappa shape index (κ2) is 7.36. The second-order valence-electron chi connectivity index (χ2n) is 6.60. The summed E-state index contributed by atoms with van der Waals surface area (Å²) in [6.07, 6.45) is 2.15. The number of aromatic nitrogens is 2. The monoisotopic (exact) mass is 370 g/mol. The van der Waals surface area contributed by atoms with Gasteiger partial charge in [-0.05, 0) is 55.8 Å². The van der Waals surface area contributed by atoms with E-state index in [4.69, 9.17) is 10.5 Å². The zero-order valence-electron chi connectivity index (χ0n) is 14.7. The van der Waals surface area contributed by atoms with Crippen LogP contribution < -0.4 is 15.8 Å². The van der Waals surface area contributed by atoms with Crippen LogP contribution in [-0.2, 0) is 0 Å². The minimum Gasteiger partial charge on any atom is -0.454 e. The van der Waals surface area contributed by atoms with Gasteiger partial charge in [-0.25, -0.2) is 13.5 Å². The first-order chi connectivity index (χ1) is 13.1. The maximum absolute atomic E-state index is 13.7. The number of piperidine rings is 1. The van der Waals surface area contributed by atoms with Crippen LogP contribution in [0.5, 0.6) is 11.5 Å². The third-order valence-corrected chi connectivity index (χ3v) is 4.65. The van der Waals surface area contributed by atoms with E-state index in [0.717, 1.165) is 49.3 Å². The maximum atomic E-state index is 13.7. The number of nitrogens with two attached hydrogens (primary N) is 1. The van der Waals surface area contributed by atoms with Crippen molar-refractivity contribution < 1.29 is 13.5 Å². The summed E-state index contributed by atoms with van der Waals surface area (Å²) >= 11 is 0. The van der Waals surface area contributed by atoms with E-state index in [1.807, 2.05) is 22.9 Å². The van der Waals surface area contributed by atoms with Crippen LogP contribution in [0.25, 0.3) is 11.3 Å². The summed E-state index contributed by atoms with van der Waals surface area (Å²) in [7, 11) is 0. The molecule has 4 rings (SSSR count). The van der Waals surface area contributed by atoms with Gasteiger partial charge >= 0.3 is 0 Å². The Kier molecular flexibility index (Phi) is 4.77. The number of benzene rings is 2. The summed E-state index contributed by atoms with van der Waals surface area (Å²) in [5.74, 6) is -0.328. The van der Waals surface area contributed by atoms with Gasteiger partial charge in [0.25, 0.3) is 0 Å². The third kappa shape index (κ3) is 3.78. The standard InChI is InChI=1S/C20H20F2N4O/c21-14-5-8-19(17(22)10-14)27-16-6-3-13(4-7-16)18-11-20(23)26(25-18)15-2-1-9-24-12-15/h3-8,10-11,15,24H,1-2,9,12,23H2/t15-/m0/s1. The highest BCUT2D eigenvalue weighted by Crippen LogP contribution is 2.29. The number of nitrogens with zero attached hydrogens (tertiary/aromatic N) is 2. The van der Waals surface area contributed by atoms with Crippen LogP contribution in [-0.4, -0.2) is 22.9 Å². The van der Waals surface area contributed by atoms with Gasteiger partial charge in [0.05, 0.1) is 11.7 Å². The predicted molar refractivity (Wildman–Crippen MR) is 99.6 cm³/mol. The SMILES string of the molecule is Nc1cc(-c2ccc(Oc3ccc(F)cc3F)cc2)nn1[C@H]1CCCNC1. The van der Waals surface area contributed by atoms with Crippen molar-refractivity contribution in [2.24, 2.45) is 0 Å². The fourth-order valence-electron chi connectivity index (χ4n) is 3.26. The molecule has 27 heavy (non-hydrogen) atoms. The Labute approximate surface area is 155 Å². The van der Waals surface area contributed by atoms with Gasteiger partial charge in [-0.2, -0.15) is 5.10 Å². The summed E-state index contributed by atoms with van der Waals surface area (Å²) < 4.78 is 34.0. The van der Waals surface area contributed by atoms with Crippen molar-refractivity contribution >= 4 is 5.82 Å². The van der Waals surface area contributed by atoms with Gasteiger partial charge in [-0.3, -0.25) is 0 Å². The van der Waals surface area contributed by atoms with Gasteiger partial charge in [0.1, 0.15) is 17.4 Å². The summed E-state index contributed by atoms with van der Waals surface area (Å²) in [6, 6.07) is 12.4. The Morgan fingerprint density at radius 3 is 2.63 bits per heavy atom. The normalized spacial score (nSPS) is 17.0. The molecule has 1 aliphatic heterocycles. The predicted octanol–water partition coefficient (Wildman–Crippen LogP) is 4.13. The summed E-state index contributed by atoms with van der Waals surface area (Å²) in [4.78, 5) is 0. The highest BCUT2D eigenvalue weighted by atomic mass is 19.1. The number of hydrogen-bond acceptors (Lipinski definition) is 4. The molecule has 0 aliphatic carbocycles. The van der Waals surface area contributed by atoms with Crippen molar-refractivity contribution in [2.45, 2.75) is 18.9 Å². The van der Waals surface area contributed by atoms with E-state index in [1.165, 1.54) is 6.07 Å².